The molecule has 3 atom stereocenters. The number of carboxylic acid groups (broad SMARTS) is 1. The molecule has 150 valence electrons. The van der Waals surface area contributed by atoms with Crippen LogP contribution in [0.2, 0.25) is 0 Å². The molecule has 0 saturated heterocycles. The number of hydrogen-bond donors (Lipinski definition) is 6. The van der Waals surface area contributed by atoms with Gasteiger partial charge in [-0.3, -0.25) is 9.59 Å². The third-order valence-corrected chi connectivity index (χ3v) is 4.44. The smallest absolute Gasteiger partial charge is 0.326 e. The summed E-state index contributed by atoms with van der Waals surface area (Å²) < 4.78 is 0. The molecular formula is C18H23N5O4S. The third kappa shape index (κ3) is 6.39. The Bertz CT molecular complexity index is 785. The average Bonchev–Trinajstić information content (AvgIpc) is 3.20. The SMILES string of the molecule is N[C@@H](CS)C(=O)N[C@@H](Cc1cnc[nH]1)C(=O)N[C@@H](Cc1ccccc1)C(=O)O. The highest BCUT2D eigenvalue weighted by Gasteiger charge is 2.28. The lowest BCUT2D eigenvalue weighted by molar-refractivity contribution is -0.142. The zero-order chi connectivity index (χ0) is 20.5. The number of carbonyl (C=O) groups excluding carboxylic acids is 2. The summed E-state index contributed by atoms with van der Waals surface area (Å²) in [7, 11) is 0. The van der Waals surface area contributed by atoms with Crippen molar-refractivity contribution >= 4 is 30.4 Å². The number of aromatic nitrogens is 2. The van der Waals surface area contributed by atoms with Crippen LogP contribution in [0.15, 0.2) is 42.9 Å². The van der Waals surface area contributed by atoms with E-state index in [1.807, 2.05) is 6.07 Å². The van der Waals surface area contributed by atoms with Crippen molar-refractivity contribution in [3.05, 3.63) is 54.1 Å². The van der Waals surface area contributed by atoms with Crippen LogP contribution in [-0.2, 0) is 27.2 Å². The third-order valence-electron chi connectivity index (χ3n) is 4.04. The highest BCUT2D eigenvalue weighted by Crippen LogP contribution is 2.06. The van der Waals surface area contributed by atoms with Gasteiger partial charge in [-0.05, 0) is 5.56 Å². The first-order valence-corrected chi connectivity index (χ1v) is 9.25. The number of nitrogens with two attached hydrogens (primary N) is 1. The van der Waals surface area contributed by atoms with Crippen molar-refractivity contribution in [1.82, 2.24) is 20.6 Å². The molecule has 1 aromatic carbocycles. The molecule has 10 heteroatoms. The predicted molar refractivity (Wildman–Crippen MR) is 106 cm³/mol. The molecule has 0 fully saturated rings. The number of thiol groups is 1. The molecule has 28 heavy (non-hydrogen) atoms. The van der Waals surface area contributed by atoms with Gasteiger partial charge in [0.15, 0.2) is 0 Å². The van der Waals surface area contributed by atoms with Crippen molar-refractivity contribution in [2.75, 3.05) is 5.75 Å². The van der Waals surface area contributed by atoms with E-state index in [0.29, 0.717) is 5.69 Å². The number of aromatic amines is 1. The minimum Gasteiger partial charge on any atom is -0.480 e. The van der Waals surface area contributed by atoms with E-state index in [9.17, 15) is 19.5 Å². The Balaban J connectivity index is 2.11. The summed E-state index contributed by atoms with van der Waals surface area (Å²) >= 11 is 3.98. The van der Waals surface area contributed by atoms with Crippen LogP contribution in [0.3, 0.4) is 0 Å². The fourth-order valence-electron chi connectivity index (χ4n) is 2.51. The zero-order valence-electron chi connectivity index (χ0n) is 15.0. The molecule has 0 radical (unpaired) electrons. The molecule has 0 aliphatic heterocycles. The topological polar surface area (TPSA) is 150 Å². The molecule has 0 aliphatic rings. The largest absolute Gasteiger partial charge is 0.480 e. The first kappa shape index (κ1) is 21.5. The quantitative estimate of drug-likeness (QED) is 0.294. The van der Waals surface area contributed by atoms with Crippen LogP contribution in [0.4, 0.5) is 0 Å². The summed E-state index contributed by atoms with van der Waals surface area (Å²) in [4.78, 5) is 43.2. The van der Waals surface area contributed by atoms with E-state index in [-0.39, 0.29) is 18.6 Å². The molecular weight excluding hydrogens is 382 g/mol. The Morgan fingerprint density at radius 2 is 1.79 bits per heavy atom. The van der Waals surface area contributed by atoms with E-state index in [0.717, 1.165) is 5.56 Å². The summed E-state index contributed by atoms with van der Waals surface area (Å²) in [6.45, 7) is 0. The van der Waals surface area contributed by atoms with Gasteiger partial charge >= 0.3 is 5.97 Å². The van der Waals surface area contributed by atoms with Crippen molar-refractivity contribution in [1.29, 1.82) is 0 Å². The molecule has 0 aliphatic carbocycles. The number of nitrogens with one attached hydrogen (secondary N) is 3. The van der Waals surface area contributed by atoms with E-state index in [1.54, 1.807) is 24.3 Å². The molecule has 2 rings (SSSR count). The molecule has 0 spiro atoms. The predicted octanol–water partition coefficient (Wildman–Crippen LogP) is -0.494. The number of imidazole rings is 1. The number of nitrogens with zero attached hydrogens (tertiary/aromatic N) is 1. The average molecular weight is 405 g/mol. The van der Waals surface area contributed by atoms with Crippen molar-refractivity contribution in [3.8, 4) is 0 Å². The molecule has 0 bridgehead atoms. The van der Waals surface area contributed by atoms with E-state index >= 15 is 0 Å². The highest BCUT2D eigenvalue weighted by atomic mass is 32.1. The monoisotopic (exact) mass is 405 g/mol. The maximum Gasteiger partial charge on any atom is 0.326 e. The maximum absolute atomic E-state index is 12.7. The van der Waals surface area contributed by atoms with E-state index in [4.69, 9.17) is 5.73 Å². The Labute approximate surface area is 167 Å². The van der Waals surface area contributed by atoms with E-state index in [1.165, 1.54) is 12.5 Å². The Hall–Kier alpha value is -2.85. The van der Waals surface area contributed by atoms with Crippen LogP contribution in [0, 0.1) is 0 Å². The van der Waals surface area contributed by atoms with E-state index < -0.39 is 35.9 Å². The maximum atomic E-state index is 12.7. The van der Waals surface area contributed by atoms with Crippen molar-refractivity contribution in [2.24, 2.45) is 5.73 Å². The number of rotatable bonds is 10. The fraction of sp³-hybridized carbons (Fsp3) is 0.333. The van der Waals surface area contributed by atoms with Gasteiger partial charge in [0.25, 0.3) is 0 Å². The van der Waals surface area contributed by atoms with Crippen molar-refractivity contribution < 1.29 is 19.5 Å². The van der Waals surface area contributed by atoms with Gasteiger partial charge in [0, 0.05) is 30.5 Å². The molecule has 1 aromatic heterocycles. The fourth-order valence-corrected chi connectivity index (χ4v) is 2.68. The van der Waals surface area contributed by atoms with Gasteiger partial charge in [0.05, 0.1) is 12.4 Å². The number of benzene rings is 1. The normalized spacial score (nSPS) is 13.9. The number of hydrogen-bond acceptors (Lipinski definition) is 6. The number of amides is 2. The lowest BCUT2D eigenvalue weighted by Gasteiger charge is -2.22. The molecule has 6 N–H and O–H groups in total. The van der Waals surface area contributed by atoms with Crippen LogP contribution in [0.5, 0.6) is 0 Å². The van der Waals surface area contributed by atoms with Gasteiger partial charge in [-0.2, -0.15) is 12.6 Å². The summed E-state index contributed by atoms with van der Waals surface area (Å²) in [5, 5.41) is 14.5. The Morgan fingerprint density at radius 3 is 2.36 bits per heavy atom. The van der Waals surface area contributed by atoms with Gasteiger partial charge in [0.1, 0.15) is 12.1 Å². The molecule has 2 aromatic rings. The summed E-state index contributed by atoms with van der Waals surface area (Å²) in [6.07, 6.45) is 3.18. The van der Waals surface area contributed by atoms with Gasteiger partial charge < -0.3 is 26.5 Å². The lowest BCUT2D eigenvalue weighted by atomic mass is 10.0. The second-order valence-electron chi connectivity index (χ2n) is 6.22. The van der Waals surface area contributed by atoms with Crippen LogP contribution < -0.4 is 16.4 Å². The molecule has 9 nitrogen and oxygen atoms in total. The van der Waals surface area contributed by atoms with Crippen molar-refractivity contribution in [2.45, 2.75) is 31.0 Å². The standard InChI is InChI=1S/C18H23N5O4S/c19-13(9-28)16(24)22-14(7-12-8-20-10-21-12)17(25)23-15(18(26)27)6-11-4-2-1-3-5-11/h1-5,8,10,13-15,28H,6-7,9,19H2,(H,20,21)(H,22,24)(H,23,25)(H,26,27)/t13-,14-,15-/m0/s1. The van der Waals surface area contributed by atoms with E-state index in [2.05, 4.69) is 33.2 Å². The van der Waals surface area contributed by atoms with Crippen LogP contribution >= 0.6 is 12.6 Å². The van der Waals surface area contributed by atoms with Gasteiger partial charge in [-0.25, -0.2) is 9.78 Å². The first-order chi connectivity index (χ1) is 13.4. The number of aliphatic carboxylic acids is 1. The Morgan fingerprint density at radius 1 is 1.11 bits per heavy atom. The first-order valence-electron chi connectivity index (χ1n) is 8.62. The summed E-state index contributed by atoms with van der Waals surface area (Å²) in [6, 6.07) is 5.89. The molecule has 2 amide bonds. The minimum atomic E-state index is -1.17. The van der Waals surface area contributed by atoms with Crippen LogP contribution in [0.25, 0.3) is 0 Å². The second-order valence-corrected chi connectivity index (χ2v) is 6.59. The minimum absolute atomic E-state index is 0.106. The Kier molecular flexibility index (Phi) is 8.02. The van der Waals surface area contributed by atoms with Gasteiger partial charge in [0.2, 0.25) is 11.8 Å². The van der Waals surface area contributed by atoms with Crippen LogP contribution in [0.1, 0.15) is 11.3 Å². The number of carboxylic acids is 1. The number of carbonyl (C=O) groups is 3. The lowest BCUT2D eigenvalue weighted by Crippen LogP contribution is -2.55. The molecule has 0 saturated carbocycles. The molecule has 1 heterocycles. The highest BCUT2D eigenvalue weighted by molar-refractivity contribution is 7.80. The van der Waals surface area contributed by atoms with Gasteiger partial charge in [-0.1, -0.05) is 30.3 Å². The summed E-state index contributed by atoms with van der Waals surface area (Å²) in [5.41, 5.74) is 7.03. The van der Waals surface area contributed by atoms with Crippen molar-refractivity contribution in [3.63, 3.8) is 0 Å². The van der Waals surface area contributed by atoms with Crippen LogP contribution in [-0.4, -0.2) is 56.7 Å². The summed E-state index contributed by atoms with van der Waals surface area (Å²) in [5.74, 6) is -2.24. The zero-order valence-corrected chi connectivity index (χ0v) is 15.9. The number of H-pyrrole nitrogens is 1. The molecule has 0 unspecified atom stereocenters. The van der Waals surface area contributed by atoms with Gasteiger partial charge in [-0.15, -0.1) is 0 Å². The second kappa shape index (κ2) is 10.5.